The first-order valence-corrected chi connectivity index (χ1v) is 6.64. The summed E-state index contributed by atoms with van der Waals surface area (Å²) in [6.45, 7) is 6.74. The van der Waals surface area contributed by atoms with Gasteiger partial charge in [-0.1, -0.05) is 22.0 Å². The Balaban J connectivity index is 2.53. The van der Waals surface area contributed by atoms with Gasteiger partial charge < -0.3 is 10.6 Å². The van der Waals surface area contributed by atoms with Gasteiger partial charge in [-0.3, -0.25) is 4.79 Å². The van der Waals surface area contributed by atoms with Gasteiger partial charge in [-0.25, -0.2) is 0 Å². The van der Waals surface area contributed by atoms with Crippen LogP contribution in [0.3, 0.4) is 0 Å². The predicted molar refractivity (Wildman–Crippen MR) is 74.8 cm³/mol. The average molecular weight is 297 g/mol. The molecule has 1 aliphatic rings. The lowest BCUT2D eigenvalue weighted by atomic mass is 10.0. The molecule has 1 atom stereocenters. The highest BCUT2D eigenvalue weighted by molar-refractivity contribution is 9.09. The van der Waals surface area contributed by atoms with E-state index in [2.05, 4.69) is 15.9 Å². The lowest BCUT2D eigenvalue weighted by Gasteiger charge is -2.23. The molecule has 1 unspecified atom stereocenters. The number of benzene rings is 1. The molecule has 1 amide bonds. The number of hydrogen-bond donors (Lipinski definition) is 1. The minimum absolute atomic E-state index is 0.168. The Morgan fingerprint density at radius 2 is 2.00 bits per heavy atom. The van der Waals surface area contributed by atoms with E-state index in [9.17, 15) is 4.79 Å². The first-order valence-electron chi connectivity index (χ1n) is 5.72. The monoisotopic (exact) mass is 296 g/mol. The molecule has 0 spiro atoms. The van der Waals surface area contributed by atoms with Gasteiger partial charge in [0.25, 0.3) is 0 Å². The number of alkyl halides is 1. The van der Waals surface area contributed by atoms with Crippen molar-refractivity contribution in [1.29, 1.82) is 0 Å². The highest BCUT2D eigenvalue weighted by Gasteiger charge is 2.31. The van der Waals surface area contributed by atoms with E-state index >= 15 is 0 Å². The van der Waals surface area contributed by atoms with Crippen LogP contribution in [-0.2, 0) is 4.79 Å². The molecule has 0 aliphatic carbocycles. The minimum Gasteiger partial charge on any atom is -0.398 e. The molecule has 0 aromatic heterocycles. The van der Waals surface area contributed by atoms with Crippen LogP contribution in [0.4, 0.5) is 11.4 Å². The number of nitrogens with two attached hydrogens (primary N) is 1. The van der Waals surface area contributed by atoms with Crippen LogP contribution in [0.5, 0.6) is 0 Å². The SMILES string of the molecule is Cc1cc(C)c(N2CC(Br)CC2=O)c(C)c1N. The second-order valence-corrected chi connectivity index (χ2v) is 6.00. The molecule has 92 valence electrons. The molecule has 0 saturated carbocycles. The van der Waals surface area contributed by atoms with Crippen molar-refractivity contribution in [2.24, 2.45) is 0 Å². The molecule has 3 nitrogen and oxygen atoms in total. The molecule has 1 aromatic rings. The fraction of sp³-hybridized carbons (Fsp3) is 0.462. The van der Waals surface area contributed by atoms with Crippen molar-refractivity contribution in [3.8, 4) is 0 Å². The smallest absolute Gasteiger partial charge is 0.228 e. The van der Waals surface area contributed by atoms with Crippen LogP contribution in [0, 0.1) is 20.8 Å². The molecule has 1 aromatic carbocycles. The van der Waals surface area contributed by atoms with E-state index in [4.69, 9.17) is 5.73 Å². The van der Waals surface area contributed by atoms with Crippen molar-refractivity contribution in [3.05, 3.63) is 22.8 Å². The lowest BCUT2D eigenvalue weighted by Crippen LogP contribution is -2.26. The number of nitrogen functional groups attached to an aromatic ring is 1. The molecule has 2 N–H and O–H groups in total. The van der Waals surface area contributed by atoms with Gasteiger partial charge in [0.2, 0.25) is 5.91 Å². The number of anilines is 2. The summed E-state index contributed by atoms with van der Waals surface area (Å²) in [6.07, 6.45) is 0.562. The molecule has 1 aliphatic heterocycles. The summed E-state index contributed by atoms with van der Waals surface area (Å²) >= 11 is 3.50. The Bertz CT molecular complexity index is 485. The maximum absolute atomic E-state index is 11.9. The van der Waals surface area contributed by atoms with Crippen molar-refractivity contribution < 1.29 is 4.79 Å². The first kappa shape index (κ1) is 12.4. The number of aryl methyl sites for hydroxylation is 2. The van der Waals surface area contributed by atoms with Crippen LogP contribution < -0.4 is 10.6 Å². The largest absolute Gasteiger partial charge is 0.398 e. The third kappa shape index (κ3) is 2.06. The zero-order valence-electron chi connectivity index (χ0n) is 10.4. The van der Waals surface area contributed by atoms with Gasteiger partial charge in [0.15, 0.2) is 0 Å². The second-order valence-electron chi connectivity index (χ2n) is 4.70. The summed E-state index contributed by atoms with van der Waals surface area (Å²) in [5.74, 6) is 0.168. The molecule has 1 heterocycles. The fourth-order valence-electron chi connectivity index (χ4n) is 2.49. The van der Waals surface area contributed by atoms with Gasteiger partial charge in [-0.15, -0.1) is 0 Å². The van der Waals surface area contributed by atoms with Crippen LogP contribution in [-0.4, -0.2) is 17.3 Å². The van der Waals surface area contributed by atoms with Gasteiger partial charge in [-0.05, 0) is 37.5 Å². The van der Waals surface area contributed by atoms with Crippen molar-refractivity contribution in [2.75, 3.05) is 17.2 Å². The normalized spacial score (nSPS) is 20.1. The topological polar surface area (TPSA) is 46.3 Å². The molecule has 0 radical (unpaired) electrons. The maximum atomic E-state index is 11.9. The Morgan fingerprint density at radius 1 is 1.35 bits per heavy atom. The highest BCUT2D eigenvalue weighted by Crippen LogP contribution is 2.35. The summed E-state index contributed by atoms with van der Waals surface area (Å²) in [6, 6.07) is 2.05. The molecule has 2 rings (SSSR count). The number of nitrogens with zero attached hydrogens (tertiary/aromatic N) is 1. The van der Waals surface area contributed by atoms with Crippen LogP contribution in [0.1, 0.15) is 23.1 Å². The van der Waals surface area contributed by atoms with Gasteiger partial charge in [-0.2, -0.15) is 0 Å². The zero-order valence-corrected chi connectivity index (χ0v) is 12.0. The average Bonchev–Trinajstić information content (AvgIpc) is 2.55. The third-order valence-electron chi connectivity index (χ3n) is 3.34. The van der Waals surface area contributed by atoms with E-state index in [1.54, 1.807) is 0 Å². The van der Waals surface area contributed by atoms with E-state index < -0.39 is 0 Å². The Hall–Kier alpha value is -1.03. The van der Waals surface area contributed by atoms with E-state index in [1.165, 1.54) is 0 Å². The summed E-state index contributed by atoms with van der Waals surface area (Å²) in [4.78, 5) is 14.0. The molecule has 4 heteroatoms. The van der Waals surface area contributed by atoms with E-state index in [-0.39, 0.29) is 10.7 Å². The Morgan fingerprint density at radius 3 is 2.53 bits per heavy atom. The molecular weight excluding hydrogens is 280 g/mol. The van der Waals surface area contributed by atoms with E-state index in [0.717, 1.165) is 34.6 Å². The van der Waals surface area contributed by atoms with E-state index in [0.29, 0.717) is 6.42 Å². The quantitative estimate of drug-likeness (QED) is 0.640. The van der Waals surface area contributed by atoms with Gasteiger partial charge in [0.1, 0.15) is 0 Å². The summed E-state index contributed by atoms with van der Waals surface area (Å²) in [5, 5.41) is 0. The summed E-state index contributed by atoms with van der Waals surface area (Å²) in [5.41, 5.74) is 11.0. The van der Waals surface area contributed by atoms with E-state index in [1.807, 2.05) is 31.7 Å². The van der Waals surface area contributed by atoms with Crippen LogP contribution >= 0.6 is 15.9 Å². The Kier molecular flexibility index (Phi) is 3.17. The van der Waals surface area contributed by atoms with Crippen molar-refractivity contribution >= 4 is 33.2 Å². The van der Waals surface area contributed by atoms with Gasteiger partial charge in [0, 0.05) is 23.5 Å². The predicted octanol–water partition coefficient (Wildman–Crippen LogP) is 2.69. The highest BCUT2D eigenvalue weighted by atomic mass is 79.9. The van der Waals surface area contributed by atoms with Gasteiger partial charge in [0.05, 0.1) is 5.69 Å². The van der Waals surface area contributed by atoms with Gasteiger partial charge >= 0.3 is 0 Å². The standard InChI is InChI=1S/C13H17BrN2O/c1-7-4-8(2)13(9(3)12(7)15)16-6-10(14)5-11(16)17/h4,10H,5-6,15H2,1-3H3. The second kappa shape index (κ2) is 4.33. The number of halogens is 1. The number of carbonyl (C=O) groups is 1. The van der Waals surface area contributed by atoms with Crippen LogP contribution in [0.2, 0.25) is 0 Å². The number of carbonyl (C=O) groups excluding carboxylic acids is 1. The van der Waals surface area contributed by atoms with Crippen LogP contribution in [0.25, 0.3) is 0 Å². The van der Waals surface area contributed by atoms with Crippen molar-refractivity contribution in [1.82, 2.24) is 0 Å². The third-order valence-corrected chi connectivity index (χ3v) is 3.95. The number of hydrogen-bond acceptors (Lipinski definition) is 2. The minimum atomic E-state index is 0.168. The Labute approximate surface area is 110 Å². The molecule has 17 heavy (non-hydrogen) atoms. The molecular formula is C13H17BrN2O. The summed E-state index contributed by atoms with van der Waals surface area (Å²) in [7, 11) is 0. The molecule has 1 fully saturated rings. The molecule has 0 bridgehead atoms. The van der Waals surface area contributed by atoms with Crippen LogP contribution in [0.15, 0.2) is 6.07 Å². The first-order chi connectivity index (χ1) is 7.91. The van der Waals surface area contributed by atoms with Crippen molar-refractivity contribution in [2.45, 2.75) is 32.0 Å². The number of rotatable bonds is 1. The summed E-state index contributed by atoms with van der Waals surface area (Å²) < 4.78 is 0. The maximum Gasteiger partial charge on any atom is 0.228 e. The zero-order chi connectivity index (χ0) is 12.7. The fourth-order valence-corrected chi connectivity index (χ4v) is 3.05. The molecule has 1 saturated heterocycles. The number of amides is 1. The van der Waals surface area contributed by atoms with Crippen molar-refractivity contribution in [3.63, 3.8) is 0 Å². The lowest BCUT2D eigenvalue weighted by molar-refractivity contribution is -0.117.